The molecule has 26 heavy (non-hydrogen) atoms. The molecular weight excluding hydrogens is 348 g/mol. The first-order valence-electron chi connectivity index (χ1n) is 8.78. The highest BCUT2D eigenvalue weighted by Gasteiger charge is 2.25. The Hall–Kier alpha value is -2.33. The van der Waals surface area contributed by atoms with E-state index in [1.165, 1.54) is 0 Å². The molecule has 2 aromatic carbocycles. The van der Waals surface area contributed by atoms with Crippen LogP contribution in [0.25, 0.3) is 0 Å². The molecule has 2 amide bonds. The second kappa shape index (κ2) is 9.39. The van der Waals surface area contributed by atoms with Gasteiger partial charge in [-0.25, -0.2) is 0 Å². The van der Waals surface area contributed by atoms with Crippen molar-refractivity contribution in [3.63, 3.8) is 0 Å². The molecule has 5 heteroatoms. The third-order valence-corrected chi connectivity index (χ3v) is 4.47. The van der Waals surface area contributed by atoms with Crippen LogP contribution in [0.1, 0.15) is 30.5 Å². The van der Waals surface area contributed by atoms with Gasteiger partial charge in [0.15, 0.2) is 0 Å². The number of benzene rings is 2. The number of nitrogens with one attached hydrogen (secondary N) is 1. The summed E-state index contributed by atoms with van der Waals surface area (Å²) in [5.74, 6) is -0.239. The lowest BCUT2D eigenvalue weighted by Gasteiger charge is -2.29. The Kier molecular flexibility index (Phi) is 7.22. The number of rotatable bonds is 7. The summed E-state index contributed by atoms with van der Waals surface area (Å²) in [7, 11) is 0. The van der Waals surface area contributed by atoms with Crippen LogP contribution >= 0.6 is 11.6 Å². The Bertz CT molecular complexity index is 759. The number of halogens is 1. The molecule has 0 radical (unpaired) electrons. The largest absolute Gasteiger partial charge is 0.355 e. The molecule has 0 aliphatic rings. The maximum absolute atomic E-state index is 12.9. The summed E-state index contributed by atoms with van der Waals surface area (Å²) < 4.78 is 0. The molecule has 1 unspecified atom stereocenters. The normalized spacial score (nSPS) is 11.7. The van der Waals surface area contributed by atoms with Crippen molar-refractivity contribution in [2.24, 2.45) is 0 Å². The molecule has 4 nitrogen and oxygen atoms in total. The van der Waals surface area contributed by atoms with E-state index in [4.69, 9.17) is 11.6 Å². The third-order valence-electron chi connectivity index (χ3n) is 4.22. The molecule has 0 heterocycles. The molecule has 0 aliphatic heterocycles. The lowest BCUT2D eigenvalue weighted by molar-refractivity contribution is -0.140. The van der Waals surface area contributed by atoms with E-state index in [1.54, 1.807) is 24.0 Å². The first-order chi connectivity index (χ1) is 12.4. The average Bonchev–Trinajstić information content (AvgIpc) is 2.61. The Morgan fingerprint density at radius 3 is 2.42 bits per heavy atom. The first kappa shape index (κ1) is 20.0. The van der Waals surface area contributed by atoms with Crippen molar-refractivity contribution in [3.05, 3.63) is 70.2 Å². The van der Waals surface area contributed by atoms with Crippen molar-refractivity contribution >= 4 is 23.4 Å². The number of hydrogen-bond donors (Lipinski definition) is 1. The van der Waals surface area contributed by atoms with Crippen molar-refractivity contribution in [1.82, 2.24) is 10.2 Å². The highest BCUT2D eigenvalue weighted by atomic mass is 35.5. The van der Waals surface area contributed by atoms with E-state index in [1.807, 2.05) is 50.2 Å². The number of hydrogen-bond acceptors (Lipinski definition) is 2. The smallest absolute Gasteiger partial charge is 0.242 e. The number of aryl methyl sites for hydroxylation is 1. The Balaban J connectivity index is 2.21. The monoisotopic (exact) mass is 372 g/mol. The van der Waals surface area contributed by atoms with Crippen molar-refractivity contribution < 1.29 is 9.59 Å². The molecular formula is C21H25ClN2O2. The fourth-order valence-corrected chi connectivity index (χ4v) is 2.92. The van der Waals surface area contributed by atoms with Crippen molar-refractivity contribution in [3.8, 4) is 0 Å². The lowest BCUT2D eigenvalue weighted by atomic mass is 10.1. The number of carbonyl (C=O) groups excluding carboxylic acids is 2. The van der Waals surface area contributed by atoms with Crippen LogP contribution in [-0.4, -0.2) is 29.3 Å². The second-order valence-corrected chi connectivity index (χ2v) is 6.82. The van der Waals surface area contributed by atoms with E-state index in [9.17, 15) is 9.59 Å². The Labute approximate surface area is 160 Å². The summed E-state index contributed by atoms with van der Waals surface area (Å²) in [6.45, 7) is 6.57. The summed E-state index contributed by atoms with van der Waals surface area (Å²) in [4.78, 5) is 26.9. The van der Waals surface area contributed by atoms with Gasteiger partial charge in [-0.1, -0.05) is 53.6 Å². The molecule has 0 fully saturated rings. The summed E-state index contributed by atoms with van der Waals surface area (Å²) in [5, 5.41) is 3.43. The summed E-state index contributed by atoms with van der Waals surface area (Å²) in [6, 6.07) is 14.6. The van der Waals surface area contributed by atoms with Crippen molar-refractivity contribution in [2.45, 2.75) is 39.8 Å². The van der Waals surface area contributed by atoms with Gasteiger partial charge in [-0.2, -0.15) is 0 Å². The minimum absolute atomic E-state index is 0.0902. The number of carbonyl (C=O) groups is 2. The molecule has 0 saturated carbocycles. The minimum atomic E-state index is -0.546. The van der Waals surface area contributed by atoms with E-state index < -0.39 is 6.04 Å². The predicted octanol–water partition coefficient (Wildman–Crippen LogP) is 3.74. The van der Waals surface area contributed by atoms with Gasteiger partial charge in [0.25, 0.3) is 0 Å². The van der Waals surface area contributed by atoms with Gasteiger partial charge in [-0.3, -0.25) is 9.59 Å². The molecule has 0 aromatic heterocycles. The zero-order chi connectivity index (χ0) is 19.1. The van der Waals surface area contributed by atoms with Crippen LogP contribution < -0.4 is 5.32 Å². The molecule has 0 saturated heterocycles. The predicted molar refractivity (Wildman–Crippen MR) is 105 cm³/mol. The molecule has 0 aliphatic carbocycles. The number of nitrogens with zero attached hydrogens (tertiary/aromatic N) is 1. The quantitative estimate of drug-likeness (QED) is 0.804. The highest BCUT2D eigenvalue weighted by Crippen LogP contribution is 2.15. The van der Waals surface area contributed by atoms with Crippen LogP contribution in [0.3, 0.4) is 0 Å². The van der Waals surface area contributed by atoms with Gasteiger partial charge in [0.2, 0.25) is 11.8 Å². The molecule has 2 aromatic rings. The van der Waals surface area contributed by atoms with Crippen molar-refractivity contribution in [2.75, 3.05) is 6.54 Å². The van der Waals surface area contributed by atoms with E-state index >= 15 is 0 Å². The standard InChI is InChI=1S/C21H25ClN2O2/c1-4-23-21(26)16(3)24(14-18-7-5-6-15(2)12-18)20(25)13-17-8-10-19(22)11-9-17/h5-12,16H,4,13-14H2,1-3H3,(H,23,26). The Morgan fingerprint density at radius 2 is 1.81 bits per heavy atom. The van der Waals surface area contributed by atoms with Crippen LogP contribution in [0.15, 0.2) is 48.5 Å². The number of likely N-dealkylation sites (N-methyl/N-ethyl adjacent to an activating group) is 1. The molecule has 0 bridgehead atoms. The van der Waals surface area contributed by atoms with Gasteiger partial charge in [-0.05, 0) is 44.0 Å². The molecule has 1 atom stereocenters. The van der Waals surface area contributed by atoms with Gasteiger partial charge in [-0.15, -0.1) is 0 Å². The van der Waals surface area contributed by atoms with Crippen LogP contribution in [0.4, 0.5) is 0 Å². The zero-order valence-corrected chi connectivity index (χ0v) is 16.2. The Morgan fingerprint density at radius 1 is 1.12 bits per heavy atom. The van der Waals surface area contributed by atoms with E-state index in [0.29, 0.717) is 18.1 Å². The van der Waals surface area contributed by atoms with E-state index in [-0.39, 0.29) is 18.2 Å². The summed E-state index contributed by atoms with van der Waals surface area (Å²) in [5.41, 5.74) is 3.00. The fourth-order valence-electron chi connectivity index (χ4n) is 2.79. The van der Waals surface area contributed by atoms with Crippen LogP contribution in [0, 0.1) is 6.92 Å². The summed E-state index contributed by atoms with van der Waals surface area (Å²) in [6.07, 6.45) is 0.229. The molecule has 2 rings (SSSR count). The topological polar surface area (TPSA) is 49.4 Å². The average molecular weight is 373 g/mol. The van der Waals surface area contributed by atoms with Crippen LogP contribution in [0.5, 0.6) is 0 Å². The van der Waals surface area contributed by atoms with E-state index in [2.05, 4.69) is 5.32 Å². The first-order valence-corrected chi connectivity index (χ1v) is 9.15. The zero-order valence-electron chi connectivity index (χ0n) is 15.5. The highest BCUT2D eigenvalue weighted by molar-refractivity contribution is 6.30. The number of amides is 2. The molecule has 0 spiro atoms. The van der Waals surface area contributed by atoms with E-state index in [0.717, 1.165) is 16.7 Å². The second-order valence-electron chi connectivity index (χ2n) is 6.38. The van der Waals surface area contributed by atoms with Gasteiger partial charge in [0.05, 0.1) is 6.42 Å². The fraction of sp³-hybridized carbons (Fsp3) is 0.333. The van der Waals surface area contributed by atoms with Gasteiger partial charge in [0.1, 0.15) is 6.04 Å². The van der Waals surface area contributed by atoms with Gasteiger partial charge >= 0.3 is 0 Å². The lowest BCUT2D eigenvalue weighted by Crippen LogP contribution is -2.48. The van der Waals surface area contributed by atoms with Crippen molar-refractivity contribution in [1.29, 1.82) is 0 Å². The van der Waals surface area contributed by atoms with Gasteiger partial charge < -0.3 is 10.2 Å². The third kappa shape index (κ3) is 5.60. The van der Waals surface area contributed by atoms with Gasteiger partial charge in [0, 0.05) is 18.1 Å². The maximum atomic E-state index is 12.9. The molecule has 1 N–H and O–H groups in total. The summed E-state index contributed by atoms with van der Waals surface area (Å²) >= 11 is 5.91. The molecule has 138 valence electrons. The van der Waals surface area contributed by atoms with Crippen LogP contribution in [0.2, 0.25) is 5.02 Å². The minimum Gasteiger partial charge on any atom is -0.355 e. The SMILES string of the molecule is CCNC(=O)C(C)N(Cc1cccc(C)c1)C(=O)Cc1ccc(Cl)cc1. The maximum Gasteiger partial charge on any atom is 0.242 e. The van der Waals surface area contributed by atoms with Crippen LogP contribution in [-0.2, 0) is 22.6 Å².